The third kappa shape index (κ3) is 3.51. The quantitative estimate of drug-likeness (QED) is 0.808. The number of carbonyl (C=O) groups is 2. The summed E-state index contributed by atoms with van der Waals surface area (Å²) in [5.41, 5.74) is 0. The molecule has 3 atom stereocenters. The number of rotatable bonds is 3. The number of aliphatic hydroxyl groups excluding tert-OH is 1. The fraction of sp³-hybridized carbons (Fsp3) is 0.867. The Balaban J connectivity index is 1.85. The average molecular weight is 282 g/mol. The van der Waals surface area contributed by atoms with Crippen LogP contribution in [0.2, 0.25) is 0 Å². The van der Waals surface area contributed by atoms with Gasteiger partial charge in [0.25, 0.3) is 0 Å². The lowest BCUT2D eigenvalue weighted by Gasteiger charge is -2.34. The minimum Gasteiger partial charge on any atom is -0.391 e. The minimum atomic E-state index is -0.608. The van der Waals surface area contributed by atoms with E-state index in [0.717, 1.165) is 32.4 Å². The van der Waals surface area contributed by atoms with E-state index >= 15 is 0 Å². The Morgan fingerprint density at radius 3 is 2.40 bits per heavy atom. The first-order chi connectivity index (χ1) is 9.49. The molecule has 1 saturated heterocycles. The second-order valence-corrected chi connectivity index (χ2v) is 6.38. The standard InChI is InChI=1S/C15H26N2O3/c1-10(2)14(19)16-12-6-5-11(9-13(12)18)15(20)17-7-3-4-8-17/h10-13,18H,3-9H2,1-2H3,(H,16,19)/t11-,12+,13+/m0/s1. The maximum absolute atomic E-state index is 12.3. The van der Waals surface area contributed by atoms with Crippen molar-refractivity contribution in [3.8, 4) is 0 Å². The van der Waals surface area contributed by atoms with Crippen molar-refractivity contribution in [2.24, 2.45) is 11.8 Å². The van der Waals surface area contributed by atoms with E-state index in [1.165, 1.54) is 0 Å². The summed E-state index contributed by atoms with van der Waals surface area (Å²) in [6.07, 6.45) is 3.49. The maximum Gasteiger partial charge on any atom is 0.225 e. The summed E-state index contributed by atoms with van der Waals surface area (Å²) in [4.78, 5) is 25.9. The number of aliphatic hydroxyl groups is 1. The number of carbonyl (C=O) groups excluding carboxylic acids is 2. The Morgan fingerprint density at radius 2 is 1.85 bits per heavy atom. The molecular weight excluding hydrogens is 256 g/mol. The van der Waals surface area contributed by atoms with Crippen molar-refractivity contribution in [3.63, 3.8) is 0 Å². The van der Waals surface area contributed by atoms with Crippen LogP contribution in [0.4, 0.5) is 0 Å². The Morgan fingerprint density at radius 1 is 1.20 bits per heavy atom. The number of amides is 2. The van der Waals surface area contributed by atoms with Gasteiger partial charge < -0.3 is 15.3 Å². The largest absolute Gasteiger partial charge is 0.391 e. The van der Waals surface area contributed by atoms with Crippen LogP contribution < -0.4 is 5.32 Å². The van der Waals surface area contributed by atoms with Gasteiger partial charge in [-0.3, -0.25) is 9.59 Å². The Kier molecular flexibility index (Phi) is 5.02. The number of likely N-dealkylation sites (tertiary alicyclic amines) is 1. The minimum absolute atomic E-state index is 0.0293. The zero-order valence-corrected chi connectivity index (χ0v) is 12.5. The van der Waals surface area contributed by atoms with E-state index in [1.54, 1.807) is 0 Å². The zero-order valence-electron chi connectivity index (χ0n) is 12.5. The third-order valence-electron chi connectivity index (χ3n) is 4.44. The molecular formula is C15H26N2O3. The monoisotopic (exact) mass is 282 g/mol. The molecule has 20 heavy (non-hydrogen) atoms. The maximum atomic E-state index is 12.3. The smallest absolute Gasteiger partial charge is 0.225 e. The predicted octanol–water partition coefficient (Wildman–Crippen LogP) is 0.911. The van der Waals surface area contributed by atoms with Crippen molar-refractivity contribution >= 4 is 11.8 Å². The van der Waals surface area contributed by atoms with Crippen molar-refractivity contribution in [3.05, 3.63) is 0 Å². The predicted molar refractivity (Wildman–Crippen MR) is 75.9 cm³/mol. The van der Waals surface area contributed by atoms with E-state index in [1.807, 2.05) is 18.7 Å². The SMILES string of the molecule is CC(C)C(=O)N[C@@H]1CC[C@H](C(=O)N2CCCC2)C[C@H]1O. The Labute approximate surface area is 120 Å². The number of hydrogen-bond donors (Lipinski definition) is 2. The zero-order chi connectivity index (χ0) is 14.7. The van der Waals surface area contributed by atoms with Crippen molar-refractivity contribution in [2.45, 2.75) is 58.1 Å². The van der Waals surface area contributed by atoms with Crippen LogP contribution in [0.3, 0.4) is 0 Å². The van der Waals surface area contributed by atoms with E-state index in [2.05, 4.69) is 5.32 Å². The van der Waals surface area contributed by atoms with E-state index in [4.69, 9.17) is 0 Å². The van der Waals surface area contributed by atoms with Crippen LogP contribution in [-0.2, 0) is 9.59 Å². The molecule has 1 heterocycles. The fourth-order valence-corrected chi connectivity index (χ4v) is 3.08. The molecule has 0 aromatic heterocycles. The number of hydrogen-bond acceptors (Lipinski definition) is 3. The molecule has 0 spiro atoms. The van der Waals surface area contributed by atoms with Gasteiger partial charge in [0.05, 0.1) is 12.1 Å². The normalized spacial score (nSPS) is 30.6. The summed E-state index contributed by atoms with van der Waals surface area (Å²) in [5, 5.41) is 13.1. The van der Waals surface area contributed by atoms with Gasteiger partial charge in [-0.1, -0.05) is 13.8 Å². The summed E-state index contributed by atoms with van der Waals surface area (Å²) >= 11 is 0. The molecule has 0 bridgehead atoms. The highest BCUT2D eigenvalue weighted by Gasteiger charge is 2.36. The van der Waals surface area contributed by atoms with Gasteiger partial charge in [0.15, 0.2) is 0 Å². The lowest BCUT2D eigenvalue weighted by Crippen LogP contribution is -2.50. The summed E-state index contributed by atoms with van der Waals surface area (Å²) in [6.45, 7) is 5.40. The van der Waals surface area contributed by atoms with Crippen LogP contribution in [0, 0.1) is 11.8 Å². The van der Waals surface area contributed by atoms with Crippen LogP contribution in [0.5, 0.6) is 0 Å². The number of nitrogens with zero attached hydrogens (tertiary/aromatic N) is 1. The molecule has 0 unspecified atom stereocenters. The molecule has 1 saturated carbocycles. The van der Waals surface area contributed by atoms with Gasteiger partial charge in [0.2, 0.25) is 11.8 Å². The van der Waals surface area contributed by atoms with Gasteiger partial charge in [-0.25, -0.2) is 0 Å². The third-order valence-corrected chi connectivity index (χ3v) is 4.44. The van der Waals surface area contributed by atoms with Crippen LogP contribution in [0.15, 0.2) is 0 Å². The molecule has 1 aliphatic heterocycles. The van der Waals surface area contributed by atoms with Gasteiger partial charge in [-0.15, -0.1) is 0 Å². The van der Waals surface area contributed by atoms with Gasteiger partial charge in [-0.05, 0) is 32.1 Å². The first kappa shape index (κ1) is 15.3. The van der Waals surface area contributed by atoms with E-state index in [9.17, 15) is 14.7 Å². The van der Waals surface area contributed by atoms with Crippen molar-refractivity contribution in [1.29, 1.82) is 0 Å². The second-order valence-electron chi connectivity index (χ2n) is 6.38. The first-order valence-electron chi connectivity index (χ1n) is 7.76. The summed E-state index contributed by atoms with van der Waals surface area (Å²) < 4.78 is 0. The fourth-order valence-electron chi connectivity index (χ4n) is 3.08. The Bertz CT molecular complexity index is 364. The molecule has 2 N–H and O–H groups in total. The van der Waals surface area contributed by atoms with E-state index < -0.39 is 6.10 Å². The lowest BCUT2D eigenvalue weighted by atomic mass is 9.83. The molecule has 0 aromatic rings. The molecule has 0 radical (unpaired) electrons. The molecule has 2 aliphatic rings. The molecule has 1 aliphatic carbocycles. The highest BCUT2D eigenvalue weighted by molar-refractivity contribution is 5.80. The second kappa shape index (κ2) is 6.57. The molecule has 5 heteroatoms. The van der Waals surface area contributed by atoms with Gasteiger partial charge in [0, 0.05) is 24.9 Å². The summed E-state index contributed by atoms with van der Waals surface area (Å²) in [7, 11) is 0. The molecule has 0 aromatic carbocycles. The molecule has 5 nitrogen and oxygen atoms in total. The van der Waals surface area contributed by atoms with Crippen molar-refractivity contribution < 1.29 is 14.7 Å². The average Bonchev–Trinajstić information content (AvgIpc) is 2.94. The molecule has 114 valence electrons. The molecule has 2 amide bonds. The molecule has 2 rings (SSSR count). The van der Waals surface area contributed by atoms with Crippen LogP contribution >= 0.6 is 0 Å². The Hall–Kier alpha value is -1.10. The van der Waals surface area contributed by atoms with Crippen LogP contribution in [0.25, 0.3) is 0 Å². The lowest BCUT2D eigenvalue weighted by molar-refractivity contribution is -0.137. The van der Waals surface area contributed by atoms with Crippen LogP contribution in [0.1, 0.15) is 46.0 Å². The topological polar surface area (TPSA) is 69.6 Å². The van der Waals surface area contributed by atoms with Crippen molar-refractivity contribution in [1.82, 2.24) is 10.2 Å². The molecule has 2 fully saturated rings. The first-order valence-corrected chi connectivity index (χ1v) is 7.76. The van der Waals surface area contributed by atoms with Gasteiger partial charge in [-0.2, -0.15) is 0 Å². The highest BCUT2D eigenvalue weighted by Crippen LogP contribution is 2.28. The van der Waals surface area contributed by atoms with Gasteiger partial charge >= 0.3 is 0 Å². The summed E-state index contributed by atoms with van der Waals surface area (Å²) in [6, 6.07) is -0.201. The number of nitrogens with one attached hydrogen (secondary N) is 1. The van der Waals surface area contributed by atoms with Gasteiger partial charge in [0.1, 0.15) is 0 Å². The summed E-state index contributed by atoms with van der Waals surface area (Å²) in [5.74, 6) is 0.00927. The van der Waals surface area contributed by atoms with Crippen molar-refractivity contribution in [2.75, 3.05) is 13.1 Å². The highest BCUT2D eigenvalue weighted by atomic mass is 16.3. The van der Waals surface area contributed by atoms with E-state index in [0.29, 0.717) is 12.8 Å². The van der Waals surface area contributed by atoms with Crippen LogP contribution in [-0.4, -0.2) is 47.1 Å². The van der Waals surface area contributed by atoms with E-state index in [-0.39, 0.29) is 29.7 Å².